The van der Waals surface area contributed by atoms with Gasteiger partial charge < -0.3 is 10.6 Å². The standard InChI is InChI=1S/C16H19F3N4S/c1-2-20-15(21-9-8-16(17,18)19)22-10-14-23-13(11-24-14)12-6-4-3-5-7-12/h3-7,11H,2,8-10H2,1H3,(H2,20,21,22). The molecule has 0 aliphatic carbocycles. The molecule has 1 aromatic heterocycles. The van der Waals surface area contributed by atoms with Crippen molar-refractivity contribution in [2.24, 2.45) is 4.99 Å². The summed E-state index contributed by atoms with van der Waals surface area (Å²) in [6.45, 7) is 2.55. The summed E-state index contributed by atoms with van der Waals surface area (Å²) in [5.41, 5.74) is 1.90. The van der Waals surface area contributed by atoms with E-state index in [0.717, 1.165) is 16.3 Å². The molecule has 0 unspecified atom stereocenters. The number of rotatable bonds is 6. The van der Waals surface area contributed by atoms with Crippen LogP contribution in [-0.4, -0.2) is 30.2 Å². The lowest BCUT2D eigenvalue weighted by molar-refractivity contribution is -0.132. The predicted octanol–water partition coefficient (Wildman–Crippen LogP) is 3.82. The van der Waals surface area contributed by atoms with E-state index < -0.39 is 12.6 Å². The molecule has 0 atom stereocenters. The van der Waals surface area contributed by atoms with Gasteiger partial charge in [0.25, 0.3) is 0 Å². The van der Waals surface area contributed by atoms with Gasteiger partial charge in [0, 0.05) is 24.0 Å². The summed E-state index contributed by atoms with van der Waals surface area (Å²) in [7, 11) is 0. The van der Waals surface area contributed by atoms with Gasteiger partial charge in [-0.3, -0.25) is 0 Å². The minimum Gasteiger partial charge on any atom is -0.357 e. The van der Waals surface area contributed by atoms with Crippen LogP contribution in [0.4, 0.5) is 13.2 Å². The zero-order valence-corrected chi connectivity index (χ0v) is 14.0. The van der Waals surface area contributed by atoms with Gasteiger partial charge in [0.1, 0.15) is 5.01 Å². The number of nitrogens with zero attached hydrogens (tertiary/aromatic N) is 2. The van der Waals surface area contributed by atoms with Gasteiger partial charge in [0.2, 0.25) is 0 Å². The molecule has 0 bridgehead atoms. The first-order valence-electron chi connectivity index (χ1n) is 7.56. The molecule has 2 rings (SSSR count). The van der Waals surface area contributed by atoms with Gasteiger partial charge >= 0.3 is 6.18 Å². The third kappa shape index (κ3) is 6.19. The highest BCUT2D eigenvalue weighted by atomic mass is 32.1. The molecular weight excluding hydrogens is 337 g/mol. The minimum atomic E-state index is -4.18. The van der Waals surface area contributed by atoms with Crippen molar-refractivity contribution in [1.29, 1.82) is 0 Å². The molecular formula is C16H19F3N4S. The molecule has 0 fully saturated rings. The van der Waals surface area contributed by atoms with Crippen molar-refractivity contribution in [3.8, 4) is 11.3 Å². The summed E-state index contributed by atoms with van der Waals surface area (Å²) in [4.78, 5) is 8.79. The summed E-state index contributed by atoms with van der Waals surface area (Å²) >= 11 is 1.48. The first-order chi connectivity index (χ1) is 11.5. The second kappa shape index (κ2) is 8.68. The van der Waals surface area contributed by atoms with Crippen LogP contribution in [0.25, 0.3) is 11.3 Å². The van der Waals surface area contributed by atoms with Gasteiger partial charge in [0.15, 0.2) is 5.96 Å². The van der Waals surface area contributed by atoms with Gasteiger partial charge in [-0.2, -0.15) is 13.2 Å². The number of alkyl halides is 3. The van der Waals surface area contributed by atoms with Crippen molar-refractivity contribution in [3.05, 3.63) is 40.7 Å². The van der Waals surface area contributed by atoms with Crippen LogP contribution in [0.1, 0.15) is 18.4 Å². The van der Waals surface area contributed by atoms with Gasteiger partial charge in [-0.25, -0.2) is 9.98 Å². The Morgan fingerprint density at radius 2 is 1.96 bits per heavy atom. The quantitative estimate of drug-likeness (QED) is 0.611. The van der Waals surface area contributed by atoms with Crippen molar-refractivity contribution in [2.45, 2.75) is 26.1 Å². The Morgan fingerprint density at radius 1 is 1.21 bits per heavy atom. The maximum Gasteiger partial charge on any atom is 0.390 e. The van der Waals surface area contributed by atoms with E-state index >= 15 is 0 Å². The van der Waals surface area contributed by atoms with E-state index in [-0.39, 0.29) is 6.54 Å². The number of aliphatic imine (C=N–C) groups is 1. The Labute approximate surface area is 142 Å². The smallest absolute Gasteiger partial charge is 0.357 e. The Hall–Kier alpha value is -2.09. The molecule has 4 nitrogen and oxygen atoms in total. The van der Waals surface area contributed by atoms with Crippen LogP contribution in [0.15, 0.2) is 40.7 Å². The van der Waals surface area contributed by atoms with E-state index in [4.69, 9.17) is 0 Å². The molecule has 1 heterocycles. The fourth-order valence-electron chi connectivity index (χ4n) is 1.94. The van der Waals surface area contributed by atoms with E-state index in [2.05, 4.69) is 20.6 Å². The van der Waals surface area contributed by atoms with Crippen LogP contribution < -0.4 is 10.6 Å². The molecule has 0 aliphatic rings. The number of benzene rings is 1. The molecule has 2 aromatic rings. The number of hydrogen-bond acceptors (Lipinski definition) is 3. The summed E-state index contributed by atoms with van der Waals surface area (Å²) in [6.07, 6.45) is -5.07. The maximum atomic E-state index is 12.2. The van der Waals surface area contributed by atoms with E-state index in [9.17, 15) is 13.2 Å². The van der Waals surface area contributed by atoms with Crippen LogP contribution in [-0.2, 0) is 6.54 Å². The van der Waals surface area contributed by atoms with Crippen LogP contribution in [0.2, 0.25) is 0 Å². The highest BCUT2D eigenvalue weighted by Crippen LogP contribution is 2.22. The van der Waals surface area contributed by atoms with Crippen LogP contribution >= 0.6 is 11.3 Å². The minimum absolute atomic E-state index is 0.206. The molecule has 0 saturated heterocycles. The molecule has 2 N–H and O–H groups in total. The van der Waals surface area contributed by atoms with Gasteiger partial charge in [-0.05, 0) is 6.92 Å². The average molecular weight is 356 g/mol. The van der Waals surface area contributed by atoms with Crippen LogP contribution in [0.3, 0.4) is 0 Å². The molecule has 0 saturated carbocycles. The van der Waals surface area contributed by atoms with Gasteiger partial charge in [-0.1, -0.05) is 30.3 Å². The van der Waals surface area contributed by atoms with Crippen molar-refractivity contribution < 1.29 is 13.2 Å². The summed E-state index contributed by atoms with van der Waals surface area (Å²) < 4.78 is 36.6. The molecule has 130 valence electrons. The van der Waals surface area contributed by atoms with Gasteiger partial charge in [-0.15, -0.1) is 11.3 Å². The van der Waals surface area contributed by atoms with E-state index in [1.807, 2.05) is 42.6 Å². The molecule has 0 aliphatic heterocycles. The number of aromatic nitrogens is 1. The van der Waals surface area contributed by atoms with Gasteiger partial charge in [0.05, 0.1) is 18.7 Å². The molecule has 0 radical (unpaired) electrons. The zero-order valence-electron chi connectivity index (χ0n) is 13.2. The topological polar surface area (TPSA) is 49.3 Å². The van der Waals surface area contributed by atoms with Crippen molar-refractivity contribution in [1.82, 2.24) is 15.6 Å². The third-order valence-corrected chi connectivity index (χ3v) is 3.87. The highest BCUT2D eigenvalue weighted by molar-refractivity contribution is 7.09. The highest BCUT2D eigenvalue weighted by Gasteiger charge is 2.26. The monoisotopic (exact) mass is 356 g/mol. The molecule has 0 amide bonds. The fraction of sp³-hybridized carbons (Fsp3) is 0.375. The third-order valence-electron chi connectivity index (χ3n) is 3.04. The van der Waals surface area contributed by atoms with Crippen LogP contribution in [0.5, 0.6) is 0 Å². The normalized spacial score (nSPS) is 12.2. The number of halogens is 3. The first kappa shape index (κ1) is 18.3. The largest absolute Gasteiger partial charge is 0.390 e. The lowest BCUT2D eigenvalue weighted by Crippen LogP contribution is -2.38. The maximum absolute atomic E-state index is 12.2. The number of guanidine groups is 1. The summed E-state index contributed by atoms with van der Waals surface area (Å²) in [5, 5.41) is 8.36. The molecule has 0 spiro atoms. The Morgan fingerprint density at radius 3 is 2.62 bits per heavy atom. The van der Waals surface area contributed by atoms with E-state index in [0.29, 0.717) is 19.0 Å². The molecule has 24 heavy (non-hydrogen) atoms. The fourth-order valence-corrected chi connectivity index (χ4v) is 2.66. The second-order valence-corrected chi connectivity index (χ2v) is 5.92. The average Bonchev–Trinajstić information content (AvgIpc) is 3.01. The number of hydrogen-bond donors (Lipinski definition) is 2. The first-order valence-corrected chi connectivity index (χ1v) is 8.44. The van der Waals surface area contributed by atoms with E-state index in [1.165, 1.54) is 11.3 Å². The lowest BCUT2D eigenvalue weighted by Gasteiger charge is -2.12. The predicted molar refractivity (Wildman–Crippen MR) is 91.0 cm³/mol. The zero-order chi connectivity index (χ0) is 17.4. The lowest BCUT2D eigenvalue weighted by atomic mass is 10.2. The summed E-state index contributed by atoms with van der Waals surface area (Å²) in [6, 6.07) is 9.78. The number of nitrogens with one attached hydrogen (secondary N) is 2. The van der Waals surface area contributed by atoms with Crippen molar-refractivity contribution in [2.75, 3.05) is 13.1 Å². The second-order valence-electron chi connectivity index (χ2n) is 4.98. The van der Waals surface area contributed by atoms with Crippen molar-refractivity contribution >= 4 is 17.3 Å². The number of thiazole rings is 1. The van der Waals surface area contributed by atoms with Crippen molar-refractivity contribution in [3.63, 3.8) is 0 Å². The molecule has 8 heteroatoms. The SMILES string of the molecule is CCNC(=NCc1nc(-c2ccccc2)cs1)NCCC(F)(F)F. The van der Waals surface area contributed by atoms with E-state index in [1.54, 1.807) is 0 Å². The summed E-state index contributed by atoms with van der Waals surface area (Å²) in [5.74, 6) is 0.359. The Kier molecular flexibility index (Phi) is 6.60. The Bertz CT molecular complexity index is 653. The van der Waals surface area contributed by atoms with Crippen LogP contribution in [0, 0.1) is 0 Å². The molecule has 1 aromatic carbocycles. The Balaban J connectivity index is 1.95.